The molecule has 5 rings (SSSR count). The van der Waals surface area contributed by atoms with Crippen LogP contribution in [0.1, 0.15) is 18.4 Å². The van der Waals surface area contributed by atoms with Crippen LogP contribution in [0.4, 0.5) is 17.5 Å². The average molecular weight is 473 g/mol. The van der Waals surface area contributed by atoms with Crippen LogP contribution >= 0.6 is 0 Å². The molecule has 0 spiro atoms. The number of rotatable bonds is 10. The lowest BCUT2D eigenvalue weighted by Gasteiger charge is -2.16. The number of hydrogen-bond donors (Lipinski definition) is 2. The highest BCUT2D eigenvalue weighted by Crippen LogP contribution is 2.23. The summed E-state index contributed by atoms with van der Waals surface area (Å²) in [5, 5.41) is 6.66. The molecule has 35 heavy (non-hydrogen) atoms. The number of benzene rings is 1. The minimum atomic E-state index is 0.212. The fraction of sp³-hybridized carbons (Fsp3) is 0.320. The van der Waals surface area contributed by atoms with Crippen LogP contribution in [0.3, 0.4) is 0 Å². The lowest BCUT2D eigenvalue weighted by Crippen LogP contribution is -2.28. The van der Waals surface area contributed by atoms with Crippen LogP contribution in [-0.4, -0.2) is 62.1 Å². The summed E-state index contributed by atoms with van der Waals surface area (Å²) in [5.41, 5.74) is 3.40. The molecule has 0 aliphatic carbocycles. The van der Waals surface area contributed by atoms with E-state index in [9.17, 15) is 4.79 Å². The van der Waals surface area contributed by atoms with Crippen molar-refractivity contribution in [3.05, 3.63) is 60.7 Å². The standard InChI is InChI=1S/C25H28N8O2/c1-35-20-8-6-18(7-9-20)10-12-27-23-22-24(31-25(30-23)29-19-4-2-11-26-16-19)33(17-28-22)15-14-32-13-3-5-21(32)34/h2,4,6-9,11,16-17H,3,5,10,12-15H2,1H3,(H2,27,29,30,31). The molecular weight excluding hydrogens is 444 g/mol. The number of amides is 1. The highest BCUT2D eigenvalue weighted by molar-refractivity contribution is 5.84. The maximum absolute atomic E-state index is 12.0. The smallest absolute Gasteiger partial charge is 0.231 e. The molecule has 1 saturated heterocycles. The third-order valence-electron chi connectivity index (χ3n) is 6.03. The van der Waals surface area contributed by atoms with E-state index in [0.717, 1.165) is 30.8 Å². The van der Waals surface area contributed by atoms with Crippen molar-refractivity contribution in [1.29, 1.82) is 0 Å². The van der Waals surface area contributed by atoms with Gasteiger partial charge in [-0.25, -0.2) is 4.98 Å². The Morgan fingerprint density at radius 2 is 2.00 bits per heavy atom. The van der Waals surface area contributed by atoms with Crippen molar-refractivity contribution in [2.45, 2.75) is 25.8 Å². The monoisotopic (exact) mass is 472 g/mol. The van der Waals surface area contributed by atoms with Gasteiger partial charge in [0.05, 0.1) is 25.3 Å². The van der Waals surface area contributed by atoms with Gasteiger partial charge in [0, 0.05) is 38.8 Å². The normalized spacial score (nSPS) is 13.4. The van der Waals surface area contributed by atoms with Crippen molar-refractivity contribution < 1.29 is 9.53 Å². The number of nitrogens with zero attached hydrogens (tertiary/aromatic N) is 6. The van der Waals surface area contributed by atoms with Gasteiger partial charge < -0.3 is 24.8 Å². The lowest BCUT2D eigenvalue weighted by molar-refractivity contribution is -0.127. The summed E-state index contributed by atoms with van der Waals surface area (Å²) in [4.78, 5) is 32.1. The maximum Gasteiger partial charge on any atom is 0.231 e. The van der Waals surface area contributed by atoms with Crippen molar-refractivity contribution in [2.75, 3.05) is 37.4 Å². The summed E-state index contributed by atoms with van der Waals surface area (Å²) in [5.74, 6) is 2.16. The number of nitrogens with one attached hydrogen (secondary N) is 2. The first-order valence-corrected chi connectivity index (χ1v) is 11.7. The molecule has 1 aliphatic heterocycles. The molecule has 1 aliphatic rings. The number of anilines is 3. The van der Waals surface area contributed by atoms with Crippen LogP contribution < -0.4 is 15.4 Å². The maximum atomic E-state index is 12.0. The van der Waals surface area contributed by atoms with Gasteiger partial charge in [0.25, 0.3) is 0 Å². The quantitative estimate of drug-likeness (QED) is 0.362. The molecule has 180 valence electrons. The van der Waals surface area contributed by atoms with Gasteiger partial charge in [0.2, 0.25) is 11.9 Å². The van der Waals surface area contributed by atoms with E-state index in [0.29, 0.717) is 49.0 Å². The Bertz CT molecular complexity index is 1290. The topological polar surface area (TPSA) is 110 Å². The first-order valence-electron chi connectivity index (χ1n) is 11.7. The first-order chi connectivity index (χ1) is 17.2. The van der Waals surface area contributed by atoms with Crippen LogP contribution in [0.2, 0.25) is 0 Å². The Balaban J connectivity index is 1.37. The highest BCUT2D eigenvalue weighted by Gasteiger charge is 2.20. The zero-order chi connectivity index (χ0) is 24.0. The Hall–Kier alpha value is -4.21. The van der Waals surface area contributed by atoms with Gasteiger partial charge >= 0.3 is 0 Å². The molecule has 2 N–H and O–H groups in total. The van der Waals surface area contributed by atoms with E-state index in [1.54, 1.807) is 25.8 Å². The summed E-state index contributed by atoms with van der Waals surface area (Å²) in [6.07, 6.45) is 7.58. The van der Waals surface area contributed by atoms with Crippen molar-refractivity contribution in [2.24, 2.45) is 0 Å². The van der Waals surface area contributed by atoms with Crippen LogP contribution in [0.5, 0.6) is 5.75 Å². The Labute approximate surface area is 203 Å². The van der Waals surface area contributed by atoms with E-state index in [1.165, 1.54) is 5.56 Å². The Morgan fingerprint density at radius 1 is 1.11 bits per heavy atom. The zero-order valence-electron chi connectivity index (χ0n) is 19.6. The molecule has 10 heteroatoms. The van der Waals surface area contributed by atoms with Crippen LogP contribution in [0.25, 0.3) is 11.2 Å². The summed E-state index contributed by atoms with van der Waals surface area (Å²) >= 11 is 0. The number of fused-ring (bicyclic) bond motifs is 1. The number of carbonyl (C=O) groups is 1. The largest absolute Gasteiger partial charge is 0.497 e. The van der Waals surface area contributed by atoms with E-state index in [2.05, 4.69) is 32.7 Å². The summed E-state index contributed by atoms with van der Waals surface area (Å²) in [7, 11) is 1.66. The molecule has 1 aromatic carbocycles. The van der Waals surface area contributed by atoms with Crippen LogP contribution in [-0.2, 0) is 17.8 Å². The first kappa shape index (κ1) is 22.6. The van der Waals surface area contributed by atoms with Crippen molar-refractivity contribution in [3.8, 4) is 5.75 Å². The number of hydrogen-bond acceptors (Lipinski definition) is 8. The Morgan fingerprint density at radius 3 is 2.74 bits per heavy atom. The second kappa shape index (κ2) is 10.4. The van der Waals surface area contributed by atoms with Crippen LogP contribution in [0, 0.1) is 0 Å². The van der Waals surface area contributed by atoms with Crippen LogP contribution in [0.15, 0.2) is 55.1 Å². The highest BCUT2D eigenvalue weighted by atomic mass is 16.5. The van der Waals surface area contributed by atoms with E-state index in [4.69, 9.17) is 14.7 Å². The second-order valence-electron chi connectivity index (χ2n) is 8.38. The number of methoxy groups -OCH3 is 1. The molecule has 4 heterocycles. The van der Waals surface area contributed by atoms with Crippen molar-refractivity contribution in [3.63, 3.8) is 0 Å². The van der Waals surface area contributed by atoms with Gasteiger partial charge in [-0.05, 0) is 42.7 Å². The number of carbonyl (C=O) groups excluding carboxylic acids is 1. The number of aromatic nitrogens is 5. The Kier molecular flexibility index (Phi) is 6.69. The third kappa shape index (κ3) is 5.32. The summed E-state index contributed by atoms with van der Waals surface area (Å²) in [6.45, 7) is 2.75. The van der Waals surface area contributed by atoms with Gasteiger partial charge in [-0.2, -0.15) is 9.97 Å². The molecule has 0 radical (unpaired) electrons. The minimum Gasteiger partial charge on any atom is -0.497 e. The second-order valence-corrected chi connectivity index (χ2v) is 8.38. The van der Waals surface area contributed by atoms with E-state index >= 15 is 0 Å². The predicted octanol–water partition coefficient (Wildman–Crippen LogP) is 3.25. The summed E-state index contributed by atoms with van der Waals surface area (Å²) in [6, 6.07) is 11.8. The number of pyridine rings is 1. The molecule has 3 aromatic heterocycles. The molecule has 0 bridgehead atoms. The lowest BCUT2D eigenvalue weighted by atomic mass is 10.1. The molecule has 0 saturated carbocycles. The third-order valence-corrected chi connectivity index (χ3v) is 6.03. The van der Waals surface area contributed by atoms with E-state index in [-0.39, 0.29) is 5.91 Å². The molecule has 1 fully saturated rings. The van der Waals surface area contributed by atoms with Gasteiger partial charge in [0.15, 0.2) is 17.0 Å². The minimum absolute atomic E-state index is 0.212. The molecule has 10 nitrogen and oxygen atoms in total. The molecule has 4 aromatic rings. The number of imidazole rings is 1. The van der Waals surface area contributed by atoms with E-state index in [1.807, 2.05) is 33.7 Å². The zero-order valence-corrected chi connectivity index (χ0v) is 19.6. The number of ether oxygens (including phenoxy) is 1. The van der Waals surface area contributed by atoms with Gasteiger partial charge in [0.1, 0.15) is 5.75 Å². The summed E-state index contributed by atoms with van der Waals surface area (Å²) < 4.78 is 7.22. The van der Waals surface area contributed by atoms with Gasteiger partial charge in [-0.1, -0.05) is 12.1 Å². The molecule has 1 amide bonds. The van der Waals surface area contributed by atoms with E-state index < -0.39 is 0 Å². The average Bonchev–Trinajstić information content (AvgIpc) is 3.49. The van der Waals surface area contributed by atoms with Crippen molar-refractivity contribution >= 4 is 34.5 Å². The fourth-order valence-corrected chi connectivity index (χ4v) is 4.14. The molecule has 0 unspecified atom stereocenters. The fourth-order valence-electron chi connectivity index (χ4n) is 4.14. The van der Waals surface area contributed by atoms with Gasteiger partial charge in [-0.15, -0.1) is 0 Å². The molecular formula is C25H28N8O2. The number of likely N-dealkylation sites (tertiary alicyclic amines) is 1. The van der Waals surface area contributed by atoms with Gasteiger partial charge in [-0.3, -0.25) is 9.78 Å². The predicted molar refractivity (Wildman–Crippen MR) is 134 cm³/mol. The SMILES string of the molecule is COc1ccc(CCNc2nc(Nc3cccnc3)nc3c2ncn3CCN2CCCC2=O)cc1. The van der Waals surface area contributed by atoms with Crippen molar-refractivity contribution in [1.82, 2.24) is 29.4 Å². The molecule has 0 atom stereocenters.